The fourth-order valence-electron chi connectivity index (χ4n) is 0.295. The van der Waals surface area contributed by atoms with Gasteiger partial charge in [0, 0.05) is 13.0 Å². The largest absolute Gasteiger partial charge is 1.00 e. The minimum absolute atomic E-state index is 0. The third-order valence-electron chi connectivity index (χ3n) is 0.651. The molecule has 0 aromatic heterocycles. The second-order valence-corrected chi connectivity index (χ2v) is 1.27. The van der Waals surface area contributed by atoms with Gasteiger partial charge in [-0.3, -0.25) is 0 Å². The Morgan fingerprint density at radius 2 is 1.88 bits per heavy atom. The molecule has 0 spiro atoms. The van der Waals surface area contributed by atoms with Gasteiger partial charge in [0.2, 0.25) is 0 Å². The molecule has 4 heteroatoms. The van der Waals surface area contributed by atoms with Crippen molar-refractivity contribution < 1.29 is 35.2 Å². The van der Waals surface area contributed by atoms with Gasteiger partial charge in [-0.1, -0.05) is 0 Å². The molecule has 0 saturated heterocycles. The second-order valence-electron chi connectivity index (χ2n) is 1.27. The molecule has 0 atom stereocenters. The fourth-order valence-corrected chi connectivity index (χ4v) is 0.295. The third kappa shape index (κ3) is 16.1. The number of quaternary nitrogens is 1. The molecule has 54 valence electrons. The number of halogens is 2. The van der Waals surface area contributed by atoms with E-state index in [0.29, 0.717) is 6.61 Å². The maximum absolute atomic E-state index is 8.18. The molecule has 0 unspecified atom stereocenters. The summed E-state index contributed by atoms with van der Waals surface area (Å²) in [7, 11) is 2.00. The van der Waals surface area contributed by atoms with E-state index in [1.165, 1.54) is 0 Å². The van der Waals surface area contributed by atoms with Crippen molar-refractivity contribution in [3.8, 4) is 0 Å². The van der Waals surface area contributed by atoms with E-state index >= 15 is 0 Å². The lowest BCUT2D eigenvalue weighted by Gasteiger charge is -1.86. The molecule has 0 amide bonds. The number of aliphatic hydroxyl groups excluding tert-OH is 1. The molecule has 0 rings (SSSR count). The van der Waals surface area contributed by atoms with Gasteiger partial charge in [0.1, 0.15) is 0 Å². The predicted octanol–water partition coefficient (Wildman–Crippen LogP) is -7.43. The first-order chi connectivity index (χ1) is 2.91. The van der Waals surface area contributed by atoms with Gasteiger partial charge in [0.05, 0.1) is 13.6 Å². The molecule has 0 heterocycles. The van der Waals surface area contributed by atoms with E-state index in [1.54, 1.807) is 0 Å². The molecule has 0 radical (unpaired) electrons. The molecule has 3 N–H and O–H groups in total. The molecule has 0 bridgehead atoms. The Balaban J connectivity index is -0.000000125. The van der Waals surface area contributed by atoms with Crippen LogP contribution in [0.5, 0.6) is 0 Å². The Bertz CT molecular complexity index is 26.0. The minimum atomic E-state index is 0. The van der Waals surface area contributed by atoms with Crippen molar-refractivity contribution in [2.45, 2.75) is 6.42 Å². The maximum atomic E-state index is 8.18. The molecule has 0 aliphatic heterocycles. The summed E-state index contributed by atoms with van der Waals surface area (Å²) in [5.41, 5.74) is 0. The van der Waals surface area contributed by atoms with E-state index in [-0.39, 0.29) is 24.8 Å². The maximum Gasteiger partial charge on any atom is 0.0775 e. The van der Waals surface area contributed by atoms with Crippen molar-refractivity contribution in [3.05, 3.63) is 0 Å². The first-order valence-corrected chi connectivity index (χ1v) is 2.30. The number of hydrogen-bond donors (Lipinski definition) is 2. The van der Waals surface area contributed by atoms with E-state index in [0.717, 1.165) is 13.0 Å². The molecule has 0 aromatic rings. The Hall–Kier alpha value is 0.500. The highest BCUT2D eigenvalue weighted by Gasteiger charge is 1.77. The molecular formula is C4H12Cl2NO-. The van der Waals surface area contributed by atoms with Crippen LogP contribution in [-0.4, -0.2) is 25.3 Å². The lowest BCUT2D eigenvalue weighted by atomic mass is 10.5. The lowest BCUT2D eigenvalue weighted by molar-refractivity contribution is -0.627. The topological polar surface area (TPSA) is 36.8 Å². The van der Waals surface area contributed by atoms with Gasteiger partial charge >= 0.3 is 0 Å². The SMILES string of the molecule is C[NH2+]CCCO.[Cl-].[Cl-]. The number of aliphatic hydroxyl groups is 1. The first kappa shape index (κ1) is 15.8. The van der Waals surface area contributed by atoms with Gasteiger partial charge in [0.15, 0.2) is 0 Å². The average Bonchev–Trinajstić information content (AvgIpc) is 1.61. The van der Waals surface area contributed by atoms with Crippen molar-refractivity contribution in [1.82, 2.24) is 0 Å². The van der Waals surface area contributed by atoms with Crippen molar-refractivity contribution in [2.75, 3.05) is 20.2 Å². The van der Waals surface area contributed by atoms with Crippen molar-refractivity contribution in [2.24, 2.45) is 0 Å². The van der Waals surface area contributed by atoms with Crippen LogP contribution in [0.15, 0.2) is 0 Å². The third-order valence-corrected chi connectivity index (χ3v) is 0.651. The molecule has 8 heavy (non-hydrogen) atoms. The Kier molecular flexibility index (Phi) is 30.9. The second kappa shape index (κ2) is 15.6. The average molecular weight is 161 g/mol. The zero-order chi connectivity index (χ0) is 4.83. The van der Waals surface area contributed by atoms with Crippen LogP contribution in [-0.2, 0) is 0 Å². The van der Waals surface area contributed by atoms with Crippen LogP contribution in [0.2, 0.25) is 0 Å². The highest BCUT2D eigenvalue weighted by molar-refractivity contribution is 4.21. The molecule has 0 aromatic carbocycles. The minimum Gasteiger partial charge on any atom is -1.00 e. The highest BCUT2D eigenvalue weighted by atomic mass is 35.5. The van der Waals surface area contributed by atoms with E-state index < -0.39 is 0 Å². The fraction of sp³-hybridized carbons (Fsp3) is 1.00. The Morgan fingerprint density at radius 1 is 1.38 bits per heavy atom. The molecule has 0 aliphatic carbocycles. The van der Waals surface area contributed by atoms with E-state index in [1.807, 2.05) is 7.05 Å². The molecule has 0 fully saturated rings. The molecular weight excluding hydrogens is 149 g/mol. The summed E-state index contributed by atoms with van der Waals surface area (Å²) in [6, 6.07) is 0. The highest BCUT2D eigenvalue weighted by Crippen LogP contribution is 1.61. The number of hydrogen-bond acceptors (Lipinski definition) is 1. The summed E-state index contributed by atoms with van der Waals surface area (Å²) in [5, 5.41) is 10.2. The van der Waals surface area contributed by atoms with Crippen LogP contribution in [0.3, 0.4) is 0 Å². The van der Waals surface area contributed by atoms with E-state index in [9.17, 15) is 0 Å². The summed E-state index contributed by atoms with van der Waals surface area (Å²) < 4.78 is 0. The van der Waals surface area contributed by atoms with Crippen LogP contribution >= 0.6 is 0 Å². The van der Waals surface area contributed by atoms with Crippen LogP contribution < -0.4 is 30.1 Å². The van der Waals surface area contributed by atoms with Gasteiger partial charge in [0.25, 0.3) is 0 Å². The first-order valence-electron chi connectivity index (χ1n) is 2.30. The van der Waals surface area contributed by atoms with Crippen LogP contribution in [0.1, 0.15) is 6.42 Å². The quantitative estimate of drug-likeness (QED) is 0.396. The summed E-state index contributed by atoms with van der Waals surface area (Å²) in [5.74, 6) is 0. The van der Waals surface area contributed by atoms with Gasteiger partial charge in [-0.05, 0) is 0 Å². The van der Waals surface area contributed by atoms with Crippen molar-refractivity contribution in [1.29, 1.82) is 0 Å². The molecule has 2 nitrogen and oxygen atoms in total. The monoisotopic (exact) mass is 160 g/mol. The zero-order valence-electron chi connectivity index (χ0n) is 4.90. The normalized spacial score (nSPS) is 6.75. The summed E-state index contributed by atoms with van der Waals surface area (Å²) in [6.07, 6.45) is 0.913. The van der Waals surface area contributed by atoms with Gasteiger partial charge in [-0.15, -0.1) is 0 Å². The standard InChI is InChI=1S/C4H11NO.2ClH/c1-5-3-2-4-6;;/h5-6H,2-4H2,1H3;2*1H/p-1. The zero-order valence-corrected chi connectivity index (χ0v) is 6.41. The van der Waals surface area contributed by atoms with E-state index in [4.69, 9.17) is 5.11 Å². The number of nitrogens with two attached hydrogens (primary N) is 1. The Labute approximate surface area is 62.5 Å². The summed E-state index contributed by atoms with van der Waals surface area (Å²) >= 11 is 0. The van der Waals surface area contributed by atoms with Gasteiger partial charge in [-0.25, -0.2) is 0 Å². The van der Waals surface area contributed by atoms with Gasteiger partial charge in [-0.2, -0.15) is 0 Å². The molecule has 0 aliphatic rings. The smallest absolute Gasteiger partial charge is 0.0775 e. The van der Waals surface area contributed by atoms with Crippen LogP contribution in [0, 0.1) is 0 Å². The van der Waals surface area contributed by atoms with Crippen LogP contribution in [0.4, 0.5) is 0 Å². The van der Waals surface area contributed by atoms with Crippen molar-refractivity contribution >= 4 is 0 Å². The van der Waals surface area contributed by atoms with Crippen molar-refractivity contribution in [3.63, 3.8) is 0 Å². The Morgan fingerprint density at radius 3 is 2.00 bits per heavy atom. The summed E-state index contributed by atoms with van der Waals surface area (Å²) in [6.45, 7) is 1.36. The predicted molar refractivity (Wildman–Crippen MR) is 24.4 cm³/mol. The molecule has 0 saturated carbocycles. The lowest BCUT2D eigenvalue weighted by Crippen LogP contribution is -3.00. The number of rotatable bonds is 3. The van der Waals surface area contributed by atoms with Crippen LogP contribution in [0.25, 0.3) is 0 Å². The van der Waals surface area contributed by atoms with Gasteiger partial charge < -0.3 is 35.2 Å². The van der Waals surface area contributed by atoms with E-state index in [2.05, 4.69) is 5.32 Å². The summed E-state index contributed by atoms with van der Waals surface area (Å²) in [4.78, 5) is 0.